The van der Waals surface area contributed by atoms with Crippen LogP contribution in [-0.2, 0) is 38.4 Å². The zero-order valence-corrected chi connectivity index (χ0v) is 25.3. The van der Waals surface area contributed by atoms with E-state index in [2.05, 4.69) is 25.9 Å². The number of hydrogen-bond donors (Lipinski definition) is 9. The molecule has 0 saturated heterocycles. The Hall–Kier alpha value is -5.66. The number of aromatic nitrogens is 2. The summed E-state index contributed by atoms with van der Waals surface area (Å²) in [5.41, 5.74) is 9.89. The van der Waals surface area contributed by atoms with Crippen LogP contribution in [0.2, 0.25) is 0 Å². The van der Waals surface area contributed by atoms with Crippen LogP contribution in [0.4, 0.5) is 0 Å². The number of phenols is 1. The second-order valence-electron chi connectivity index (χ2n) is 11.3. The zero-order chi connectivity index (χ0) is 33.5. The van der Waals surface area contributed by atoms with Gasteiger partial charge in [-0.3, -0.25) is 14.4 Å². The molecule has 0 radical (unpaired) electrons. The van der Waals surface area contributed by atoms with E-state index in [0.717, 1.165) is 27.4 Å². The molecule has 244 valence electrons. The van der Waals surface area contributed by atoms with Crippen molar-refractivity contribution in [3.05, 3.63) is 102 Å². The van der Waals surface area contributed by atoms with Gasteiger partial charge in [0.1, 0.15) is 23.9 Å². The number of carbonyl (C=O) groups is 4. The summed E-state index contributed by atoms with van der Waals surface area (Å²) < 4.78 is 0. The fourth-order valence-electron chi connectivity index (χ4n) is 5.45. The highest BCUT2D eigenvalue weighted by molar-refractivity contribution is 5.95. The number of nitrogens with two attached hydrogens (primary N) is 1. The minimum atomic E-state index is -1.45. The molecule has 0 aliphatic rings. The number of carboxylic acid groups (broad SMARTS) is 1. The first-order valence-corrected chi connectivity index (χ1v) is 15.0. The molecule has 10 N–H and O–H groups in total. The van der Waals surface area contributed by atoms with E-state index >= 15 is 0 Å². The Labute approximate surface area is 269 Å². The molecule has 0 aliphatic heterocycles. The number of phenolic OH excluding ortho intramolecular Hbond substituents is 1. The van der Waals surface area contributed by atoms with Crippen molar-refractivity contribution < 1.29 is 34.5 Å². The molecular formula is C34H36N6O7. The summed E-state index contributed by atoms with van der Waals surface area (Å²) in [5, 5.41) is 38.9. The van der Waals surface area contributed by atoms with Crippen LogP contribution in [0.1, 0.15) is 16.7 Å². The smallest absolute Gasteiger partial charge is 0.326 e. The van der Waals surface area contributed by atoms with E-state index in [1.165, 1.54) is 12.1 Å². The lowest BCUT2D eigenvalue weighted by molar-refractivity contribution is -0.142. The fraction of sp³-hybridized carbons (Fsp3) is 0.235. The quantitative estimate of drug-likeness (QED) is 0.0857. The van der Waals surface area contributed by atoms with Crippen molar-refractivity contribution >= 4 is 45.5 Å². The van der Waals surface area contributed by atoms with E-state index in [-0.39, 0.29) is 25.0 Å². The summed E-state index contributed by atoms with van der Waals surface area (Å²) in [6.07, 6.45) is 3.48. The summed E-state index contributed by atoms with van der Waals surface area (Å²) in [5.74, 6) is -3.63. The Balaban J connectivity index is 1.28. The Kier molecular flexibility index (Phi) is 10.2. The number of aliphatic hydroxyl groups is 1. The first-order chi connectivity index (χ1) is 22.6. The molecule has 4 unspecified atom stereocenters. The van der Waals surface area contributed by atoms with Crippen LogP contribution in [0.25, 0.3) is 21.8 Å². The molecule has 3 aromatic carbocycles. The average Bonchev–Trinajstić information content (AvgIpc) is 3.67. The van der Waals surface area contributed by atoms with Crippen molar-refractivity contribution in [2.45, 2.75) is 43.4 Å². The predicted octanol–water partition coefficient (Wildman–Crippen LogP) is 1.24. The number of aliphatic hydroxyl groups excluding tert-OH is 1. The molecule has 0 saturated carbocycles. The highest BCUT2D eigenvalue weighted by Gasteiger charge is 2.31. The lowest BCUT2D eigenvalue weighted by atomic mass is 10.0. The van der Waals surface area contributed by atoms with Gasteiger partial charge in [-0.25, -0.2) is 4.79 Å². The minimum Gasteiger partial charge on any atom is -0.508 e. The third-order valence-electron chi connectivity index (χ3n) is 7.99. The minimum absolute atomic E-state index is 0.00418. The largest absolute Gasteiger partial charge is 0.508 e. The van der Waals surface area contributed by atoms with Gasteiger partial charge in [-0.15, -0.1) is 0 Å². The van der Waals surface area contributed by atoms with Gasteiger partial charge in [-0.1, -0.05) is 48.5 Å². The first kappa shape index (κ1) is 32.7. The maximum atomic E-state index is 13.6. The van der Waals surface area contributed by atoms with Crippen molar-refractivity contribution in [3.63, 3.8) is 0 Å². The number of carbonyl (C=O) groups excluding carboxylic acids is 3. The van der Waals surface area contributed by atoms with Gasteiger partial charge in [-0.2, -0.15) is 0 Å². The average molecular weight is 641 g/mol. The third kappa shape index (κ3) is 7.95. The molecule has 3 amide bonds. The van der Waals surface area contributed by atoms with Crippen LogP contribution in [0.5, 0.6) is 5.75 Å². The Morgan fingerprint density at radius 3 is 1.74 bits per heavy atom. The second-order valence-corrected chi connectivity index (χ2v) is 11.3. The molecule has 47 heavy (non-hydrogen) atoms. The van der Waals surface area contributed by atoms with Crippen LogP contribution in [-0.4, -0.2) is 79.8 Å². The highest BCUT2D eigenvalue weighted by Crippen LogP contribution is 2.20. The number of aliphatic carboxylic acids is 1. The third-order valence-corrected chi connectivity index (χ3v) is 7.99. The van der Waals surface area contributed by atoms with Gasteiger partial charge in [0.25, 0.3) is 0 Å². The molecule has 0 aliphatic carbocycles. The van der Waals surface area contributed by atoms with Gasteiger partial charge in [0.05, 0.1) is 12.6 Å². The van der Waals surface area contributed by atoms with E-state index in [4.69, 9.17) is 5.73 Å². The van der Waals surface area contributed by atoms with Crippen molar-refractivity contribution in [3.8, 4) is 5.75 Å². The van der Waals surface area contributed by atoms with Crippen molar-refractivity contribution in [1.29, 1.82) is 0 Å². The zero-order valence-electron chi connectivity index (χ0n) is 25.3. The lowest BCUT2D eigenvalue weighted by Gasteiger charge is -2.24. The topological polar surface area (TPSA) is 223 Å². The Morgan fingerprint density at radius 1 is 0.660 bits per heavy atom. The van der Waals surface area contributed by atoms with Gasteiger partial charge in [0.15, 0.2) is 0 Å². The number of nitrogens with one attached hydrogen (secondary N) is 5. The summed E-state index contributed by atoms with van der Waals surface area (Å²) in [6, 6.07) is 15.7. The van der Waals surface area contributed by atoms with Gasteiger partial charge in [0, 0.05) is 47.0 Å². The van der Waals surface area contributed by atoms with Crippen LogP contribution in [0, 0.1) is 0 Å². The van der Waals surface area contributed by atoms with Crippen LogP contribution >= 0.6 is 0 Å². The monoisotopic (exact) mass is 640 g/mol. The number of aromatic amines is 2. The van der Waals surface area contributed by atoms with Crippen molar-refractivity contribution in [2.75, 3.05) is 6.61 Å². The molecule has 4 atom stereocenters. The number of carboxylic acids is 1. The van der Waals surface area contributed by atoms with Gasteiger partial charge >= 0.3 is 5.97 Å². The van der Waals surface area contributed by atoms with Crippen molar-refractivity contribution in [1.82, 2.24) is 25.9 Å². The van der Waals surface area contributed by atoms with Gasteiger partial charge < -0.3 is 47.0 Å². The summed E-state index contributed by atoms with van der Waals surface area (Å²) >= 11 is 0. The highest BCUT2D eigenvalue weighted by atomic mass is 16.4. The number of amides is 3. The molecule has 13 nitrogen and oxygen atoms in total. The summed E-state index contributed by atoms with van der Waals surface area (Å²) in [6.45, 7) is -0.788. The predicted molar refractivity (Wildman–Crippen MR) is 174 cm³/mol. The molecular weight excluding hydrogens is 604 g/mol. The molecule has 0 fully saturated rings. The van der Waals surface area contributed by atoms with Crippen molar-refractivity contribution in [2.24, 2.45) is 5.73 Å². The molecule has 2 aromatic heterocycles. The number of H-pyrrole nitrogens is 2. The number of benzene rings is 3. The number of para-hydroxylation sites is 2. The fourth-order valence-corrected chi connectivity index (χ4v) is 5.45. The normalized spacial score (nSPS) is 13.8. The molecule has 0 bridgehead atoms. The van der Waals surface area contributed by atoms with Gasteiger partial charge in [0.2, 0.25) is 17.7 Å². The van der Waals surface area contributed by atoms with Gasteiger partial charge in [-0.05, 0) is 47.4 Å². The van der Waals surface area contributed by atoms with E-state index in [9.17, 15) is 34.5 Å². The summed E-state index contributed by atoms with van der Waals surface area (Å²) in [7, 11) is 0. The van der Waals surface area contributed by atoms with E-state index in [1.54, 1.807) is 24.5 Å². The van der Waals surface area contributed by atoms with Crippen LogP contribution in [0.3, 0.4) is 0 Å². The lowest BCUT2D eigenvalue weighted by Crippen LogP contribution is -2.58. The Bertz CT molecular complexity index is 1880. The standard InChI is InChI=1S/C34H36N6O7/c35-25(14-20-16-36-26-7-3-1-5-23(20)26)31(43)40-30(18-41)33(45)38-28(13-19-9-11-22(42)12-10-19)32(44)39-29(34(46)47)15-21-17-37-27-8-4-2-6-24(21)27/h1-12,16-17,25,28-30,36-37,41-42H,13-15,18,35H2,(H,38,45)(H,39,44)(H,40,43)(H,46,47). The first-order valence-electron chi connectivity index (χ1n) is 15.0. The van der Waals surface area contributed by atoms with E-state index in [0.29, 0.717) is 11.1 Å². The second kappa shape index (κ2) is 14.6. The number of rotatable bonds is 14. The molecule has 0 spiro atoms. The van der Waals surface area contributed by atoms with Crippen LogP contribution < -0.4 is 21.7 Å². The Morgan fingerprint density at radius 2 is 1.17 bits per heavy atom. The molecule has 5 rings (SSSR count). The number of aromatic hydroxyl groups is 1. The maximum Gasteiger partial charge on any atom is 0.326 e. The van der Waals surface area contributed by atoms with E-state index < -0.39 is 54.5 Å². The molecule has 2 heterocycles. The number of fused-ring (bicyclic) bond motifs is 2. The number of hydrogen-bond acceptors (Lipinski definition) is 7. The summed E-state index contributed by atoms with van der Waals surface area (Å²) in [4.78, 5) is 58.3. The SMILES string of the molecule is NC(Cc1c[nH]c2ccccc12)C(=O)NC(CO)C(=O)NC(Cc1ccc(O)cc1)C(=O)NC(Cc1c[nH]c2ccccc12)C(=O)O. The van der Waals surface area contributed by atoms with Crippen LogP contribution in [0.15, 0.2) is 85.2 Å². The molecule has 13 heteroatoms. The maximum absolute atomic E-state index is 13.6. The molecule has 5 aromatic rings. The van der Waals surface area contributed by atoms with E-state index in [1.807, 2.05) is 48.5 Å².